The predicted molar refractivity (Wildman–Crippen MR) is 86.5 cm³/mol. The van der Waals surface area contributed by atoms with Crippen molar-refractivity contribution < 1.29 is 9.32 Å². The lowest BCUT2D eigenvalue weighted by Crippen LogP contribution is -2.33. The van der Waals surface area contributed by atoms with Gasteiger partial charge in [-0.2, -0.15) is 0 Å². The molecule has 0 saturated carbocycles. The fourth-order valence-corrected chi connectivity index (χ4v) is 3.27. The first-order valence-corrected chi connectivity index (χ1v) is 8.59. The summed E-state index contributed by atoms with van der Waals surface area (Å²) in [5.74, 6) is 2.14. The molecule has 1 aromatic heterocycles. The standard InChI is InChI=1S/C17H29N3O2/c1-4-15-14(16(5-2)22-20-15)11-19-17(21)10-12(3)13-6-8-18-9-7-13/h12-13,18H,4-11H2,1-3H3,(H,19,21). The number of nitrogens with zero attached hydrogens (tertiary/aromatic N) is 1. The van der Waals surface area contributed by atoms with Crippen molar-refractivity contribution >= 4 is 5.91 Å². The average Bonchev–Trinajstić information content (AvgIpc) is 2.95. The average molecular weight is 307 g/mol. The van der Waals surface area contributed by atoms with E-state index in [0.29, 0.717) is 24.8 Å². The number of hydrogen-bond acceptors (Lipinski definition) is 4. The third kappa shape index (κ3) is 4.32. The molecule has 1 aromatic rings. The third-order valence-corrected chi connectivity index (χ3v) is 4.77. The third-order valence-electron chi connectivity index (χ3n) is 4.77. The van der Waals surface area contributed by atoms with Crippen molar-refractivity contribution in [1.29, 1.82) is 0 Å². The van der Waals surface area contributed by atoms with E-state index in [1.54, 1.807) is 0 Å². The predicted octanol–water partition coefficient (Wildman–Crippen LogP) is 2.44. The maximum absolute atomic E-state index is 12.2. The highest BCUT2D eigenvalue weighted by Crippen LogP contribution is 2.24. The normalized spacial score (nSPS) is 17.4. The first-order valence-electron chi connectivity index (χ1n) is 8.59. The van der Waals surface area contributed by atoms with Gasteiger partial charge in [-0.05, 0) is 44.2 Å². The molecular weight excluding hydrogens is 278 g/mol. The Morgan fingerprint density at radius 2 is 2.09 bits per heavy atom. The molecule has 2 heterocycles. The maximum Gasteiger partial charge on any atom is 0.220 e. The molecule has 2 rings (SSSR count). The van der Waals surface area contributed by atoms with Gasteiger partial charge < -0.3 is 15.2 Å². The zero-order chi connectivity index (χ0) is 15.9. The van der Waals surface area contributed by atoms with Crippen molar-refractivity contribution in [2.24, 2.45) is 11.8 Å². The first-order chi connectivity index (χ1) is 10.7. The number of rotatable bonds is 7. The summed E-state index contributed by atoms with van der Waals surface area (Å²) in [6.45, 7) is 9.00. The molecule has 1 fully saturated rings. The zero-order valence-electron chi connectivity index (χ0n) is 14.1. The smallest absolute Gasteiger partial charge is 0.220 e. The zero-order valence-corrected chi connectivity index (χ0v) is 14.1. The molecule has 5 nitrogen and oxygen atoms in total. The lowest BCUT2D eigenvalue weighted by Gasteiger charge is -2.27. The summed E-state index contributed by atoms with van der Waals surface area (Å²) in [6.07, 6.45) is 4.61. The van der Waals surface area contributed by atoms with E-state index >= 15 is 0 Å². The van der Waals surface area contributed by atoms with Crippen molar-refractivity contribution in [2.75, 3.05) is 13.1 Å². The summed E-state index contributed by atoms with van der Waals surface area (Å²) in [5, 5.41) is 10.5. The second-order valence-electron chi connectivity index (χ2n) is 6.28. The van der Waals surface area contributed by atoms with Gasteiger partial charge in [-0.15, -0.1) is 0 Å². The second kappa shape index (κ2) is 8.32. The minimum atomic E-state index is 0.135. The van der Waals surface area contributed by atoms with Crippen molar-refractivity contribution in [3.8, 4) is 0 Å². The van der Waals surface area contributed by atoms with Gasteiger partial charge in [0.1, 0.15) is 5.76 Å². The molecule has 0 bridgehead atoms. The van der Waals surface area contributed by atoms with E-state index in [0.717, 1.165) is 42.9 Å². The number of hydrogen-bond donors (Lipinski definition) is 2. The molecule has 2 N–H and O–H groups in total. The van der Waals surface area contributed by atoms with Crippen LogP contribution in [0, 0.1) is 11.8 Å². The van der Waals surface area contributed by atoms with E-state index < -0.39 is 0 Å². The quantitative estimate of drug-likeness (QED) is 0.812. The van der Waals surface area contributed by atoms with Crippen LogP contribution in [0.1, 0.15) is 57.1 Å². The van der Waals surface area contributed by atoms with Crippen LogP contribution in [0.25, 0.3) is 0 Å². The van der Waals surface area contributed by atoms with Gasteiger partial charge in [0, 0.05) is 24.9 Å². The highest BCUT2D eigenvalue weighted by Gasteiger charge is 2.22. The van der Waals surface area contributed by atoms with Crippen molar-refractivity contribution in [3.63, 3.8) is 0 Å². The highest BCUT2D eigenvalue weighted by molar-refractivity contribution is 5.76. The van der Waals surface area contributed by atoms with Crippen LogP contribution in [-0.4, -0.2) is 24.2 Å². The van der Waals surface area contributed by atoms with E-state index in [2.05, 4.69) is 29.6 Å². The van der Waals surface area contributed by atoms with E-state index in [-0.39, 0.29) is 5.91 Å². The van der Waals surface area contributed by atoms with Crippen LogP contribution in [0.3, 0.4) is 0 Å². The Kier molecular flexibility index (Phi) is 6.43. The molecule has 1 atom stereocenters. The molecule has 1 aliphatic rings. The van der Waals surface area contributed by atoms with E-state index in [4.69, 9.17) is 4.52 Å². The van der Waals surface area contributed by atoms with Gasteiger partial charge in [0.15, 0.2) is 0 Å². The Bertz CT molecular complexity index is 457. The Balaban J connectivity index is 1.83. The molecule has 0 radical (unpaired) electrons. The number of nitrogens with one attached hydrogen (secondary N) is 2. The van der Waals surface area contributed by atoms with Crippen LogP contribution < -0.4 is 10.6 Å². The molecule has 0 spiro atoms. The topological polar surface area (TPSA) is 67.2 Å². The number of aryl methyl sites for hydroxylation is 2. The van der Waals surface area contributed by atoms with E-state index in [1.807, 2.05) is 6.92 Å². The molecule has 124 valence electrons. The number of aromatic nitrogens is 1. The van der Waals surface area contributed by atoms with Crippen molar-refractivity contribution in [1.82, 2.24) is 15.8 Å². The van der Waals surface area contributed by atoms with Crippen LogP contribution in [0.4, 0.5) is 0 Å². The second-order valence-corrected chi connectivity index (χ2v) is 6.28. The summed E-state index contributed by atoms with van der Waals surface area (Å²) < 4.78 is 5.34. The van der Waals surface area contributed by atoms with Gasteiger partial charge >= 0.3 is 0 Å². The Morgan fingerprint density at radius 1 is 1.36 bits per heavy atom. The minimum absolute atomic E-state index is 0.135. The van der Waals surface area contributed by atoms with Gasteiger partial charge in [0.05, 0.1) is 5.69 Å². The van der Waals surface area contributed by atoms with Crippen LogP contribution in [-0.2, 0) is 24.2 Å². The lowest BCUT2D eigenvalue weighted by atomic mass is 9.84. The molecule has 1 unspecified atom stereocenters. The van der Waals surface area contributed by atoms with E-state index in [9.17, 15) is 4.79 Å². The highest BCUT2D eigenvalue weighted by atomic mass is 16.5. The van der Waals surface area contributed by atoms with E-state index in [1.165, 1.54) is 12.8 Å². The summed E-state index contributed by atoms with van der Waals surface area (Å²) in [4.78, 5) is 12.2. The van der Waals surface area contributed by atoms with Gasteiger partial charge in [-0.3, -0.25) is 4.79 Å². The van der Waals surface area contributed by atoms with Crippen LogP contribution >= 0.6 is 0 Å². The van der Waals surface area contributed by atoms with Gasteiger partial charge in [0.2, 0.25) is 5.91 Å². The maximum atomic E-state index is 12.2. The van der Waals surface area contributed by atoms with Gasteiger partial charge in [0.25, 0.3) is 0 Å². The first kappa shape index (κ1) is 17.0. The van der Waals surface area contributed by atoms with Gasteiger partial charge in [-0.1, -0.05) is 25.9 Å². The summed E-state index contributed by atoms with van der Waals surface area (Å²) in [6, 6.07) is 0. The molecule has 5 heteroatoms. The minimum Gasteiger partial charge on any atom is -0.361 e. The molecular formula is C17H29N3O2. The molecule has 0 aliphatic carbocycles. The number of piperidine rings is 1. The van der Waals surface area contributed by atoms with Crippen LogP contribution in [0.15, 0.2) is 4.52 Å². The SMILES string of the molecule is CCc1noc(CC)c1CNC(=O)CC(C)C1CCNCC1. The van der Waals surface area contributed by atoms with Crippen LogP contribution in [0.2, 0.25) is 0 Å². The van der Waals surface area contributed by atoms with Crippen molar-refractivity contribution in [3.05, 3.63) is 17.0 Å². The van der Waals surface area contributed by atoms with Crippen LogP contribution in [0.5, 0.6) is 0 Å². The molecule has 0 aromatic carbocycles. The summed E-state index contributed by atoms with van der Waals surface area (Å²) in [5.41, 5.74) is 2.02. The fourth-order valence-electron chi connectivity index (χ4n) is 3.27. The Morgan fingerprint density at radius 3 is 2.73 bits per heavy atom. The lowest BCUT2D eigenvalue weighted by molar-refractivity contribution is -0.122. The molecule has 22 heavy (non-hydrogen) atoms. The fraction of sp³-hybridized carbons (Fsp3) is 0.765. The largest absolute Gasteiger partial charge is 0.361 e. The Hall–Kier alpha value is -1.36. The number of amides is 1. The summed E-state index contributed by atoms with van der Waals surface area (Å²) in [7, 11) is 0. The molecule has 1 aliphatic heterocycles. The molecule has 1 amide bonds. The number of carbonyl (C=O) groups excluding carboxylic acids is 1. The van der Waals surface area contributed by atoms with Crippen molar-refractivity contribution in [2.45, 2.75) is 59.4 Å². The monoisotopic (exact) mass is 307 g/mol. The Labute approximate surface area is 133 Å². The van der Waals surface area contributed by atoms with Gasteiger partial charge in [-0.25, -0.2) is 0 Å². The summed E-state index contributed by atoms with van der Waals surface area (Å²) >= 11 is 0. The molecule has 1 saturated heterocycles. The number of carbonyl (C=O) groups is 1.